The van der Waals surface area contributed by atoms with Crippen LogP contribution in [0.1, 0.15) is 17.8 Å². The molecule has 0 bridgehead atoms. The first-order chi connectivity index (χ1) is 14.6. The number of aliphatic hydroxyl groups is 2. The van der Waals surface area contributed by atoms with Crippen molar-refractivity contribution in [3.63, 3.8) is 0 Å². The minimum Gasteiger partial charge on any atom is -0.492 e. The van der Waals surface area contributed by atoms with Gasteiger partial charge in [-0.05, 0) is 0 Å². The molecule has 1 heterocycles. The van der Waals surface area contributed by atoms with Crippen LogP contribution in [-0.2, 0) is 37.0 Å². The molecule has 172 valence electrons. The summed E-state index contributed by atoms with van der Waals surface area (Å²) in [6.07, 6.45) is 0.273. The molecular formula is C20H34N2O8. The van der Waals surface area contributed by atoms with E-state index in [1.807, 2.05) is 4.90 Å². The smallest absolute Gasteiger partial charge is 0.306 e. The molecule has 0 saturated carbocycles. The second-order valence-electron chi connectivity index (χ2n) is 6.34. The van der Waals surface area contributed by atoms with Crippen LogP contribution in [0.2, 0.25) is 0 Å². The first-order valence-corrected chi connectivity index (χ1v) is 9.90. The molecule has 0 aliphatic rings. The van der Waals surface area contributed by atoms with Gasteiger partial charge in [0.2, 0.25) is 0 Å². The molecule has 1 aromatic heterocycles. The predicted molar refractivity (Wildman–Crippen MR) is 108 cm³/mol. The zero-order valence-corrected chi connectivity index (χ0v) is 17.9. The van der Waals surface area contributed by atoms with Gasteiger partial charge >= 0.3 is 5.97 Å². The highest BCUT2D eigenvalue weighted by atomic mass is 16.5. The van der Waals surface area contributed by atoms with Crippen molar-refractivity contribution in [3.8, 4) is 5.75 Å². The Balaban J connectivity index is 2.41. The van der Waals surface area contributed by atoms with Gasteiger partial charge in [-0.1, -0.05) is 0 Å². The lowest BCUT2D eigenvalue weighted by atomic mass is 10.3. The molecule has 0 radical (unpaired) electrons. The molecule has 0 unspecified atom stereocenters. The van der Waals surface area contributed by atoms with Gasteiger partial charge in [0.25, 0.3) is 0 Å². The summed E-state index contributed by atoms with van der Waals surface area (Å²) in [6.45, 7) is 4.16. The highest BCUT2D eigenvalue weighted by Crippen LogP contribution is 2.15. The Morgan fingerprint density at radius 3 is 2.10 bits per heavy atom. The van der Waals surface area contributed by atoms with E-state index in [2.05, 4.69) is 4.98 Å². The molecule has 1 aromatic rings. The highest BCUT2D eigenvalue weighted by Gasteiger charge is 2.10. The van der Waals surface area contributed by atoms with E-state index in [0.717, 1.165) is 0 Å². The number of nitrogens with zero attached hydrogens (tertiary/aromatic N) is 2. The van der Waals surface area contributed by atoms with Crippen molar-refractivity contribution in [2.45, 2.75) is 19.6 Å². The quantitative estimate of drug-likeness (QED) is 0.243. The molecule has 0 spiro atoms. The molecule has 2 N–H and O–H groups in total. The monoisotopic (exact) mass is 430 g/mol. The van der Waals surface area contributed by atoms with E-state index in [9.17, 15) is 15.0 Å². The van der Waals surface area contributed by atoms with Gasteiger partial charge in [0, 0.05) is 38.9 Å². The van der Waals surface area contributed by atoms with Crippen LogP contribution in [0.5, 0.6) is 5.75 Å². The third-order valence-electron chi connectivity index (χ3n) is 4.12. The number of esters is 1. The van der Waals surface area contributed by atoms with Gasteiger partial charge < -0.3 is 33.9 Å². The van der Waals surface area contributed by atoms with Crippen LogP contribution in [0.25, 0.3) is 0 Å². The van der Waals surface area contributed by atoms with Gasteiger partial charge in [0.05, 0.1) is 71.2 Å². The van der Waals surface area contributed by atoms with Crippen LogP contribution < -0.4 is 4.74 Å². The van der Waals surface area contributed by atoms with Gasteiger partial charge in [0.15, 0.2) is 0 Å². The summed E-state index contributed by atoms with van der Waals surface area (Å²) < 4.78 is 26.3. The van der Waals surface area contributed by atoms with Gasteiger partial charge in [-0.25, -0.2) is 0 Å². The number of hydrogen-bond donors (Lipinski definition) is 2. The number of aromatic nitrogens is 1. The van der Waals surface area contributed by atoms with Crippen LogP contribution in [-0.4, -0.2) is 99.6 Å². The van der Waals surface area contributed by atoms with E-state index in [1.165, 1.54) is 7.11 Å². The van der Waals surface area contributed by atoms with Gasteiger partial charge in [0.1, 0.15) is 12.4 Å². The third kappa shape index (κ3) is 12.0. The van der Waals surface area contributed by atoms with Crippen LogP contribution in [0.4, 0.5) is 0 Å². The van der Waals surface area contributed by atoms with Crippen molar-refractivity contribution in [2.24, 2.45) is 0 Å². The summed E-state index contributed by atoms with van der Waals surface area (Å²) in [5.41, 5.74) is 0.862. The Morgan fingerprint density at radius 2 is 1.50 bits per heavy atom. The summed E-state index contributed by atoms with van der Waals surface area (Å²) in [5, 5.41) is 18.5. The van der Waals surface area contributed by atoms with Gasteiger partial charge in [-0.15, -0.1) is 0 Å². The molecule has 0 atom stereocenters. The van der Waals surface area contributed by atoms with Crippen LogP contribution >= 0.6 is 0 Å². The maximum absolute atomic E-state index is 11.5. The van der Waals surface area contributed by atoms with Crippen LogP contribution in [0.15, 0.2) is 12.1 Å². The summed E-state index contributed by atoms with van der Waals surface area (Å²) in [6, 6.07) is 3.26. The van der Waals surface area contributed by atoms with Crippen molar-refractivity contribution in [2.75, 3.05) is 73.5 Å². The van der Waals surface area contributed by atoms with E-state index < -0.39 is 0 Å². The van der Waals surface area contributed by atoms with E-state index in [4.69, 9.17) is 23.7 Å². The third-order valence-corrected chi connectivity index (χ3v) is 4.12. The first-order valence-electron chi connectivity index (χ1n) is 9.90. The Kier molecular flexibility index (Phi) is 14.8. The summed E-state index contributed by atoms with van der Waals surface area (Å²) in [4.78, 5) is 17.6. The van der Waals surface area contributed by atoms with Crippen molar-refractivity contribution >= 4 is 5.97 Å². The fourth-order valence-electron chi connectivity index (χ4n) is 2.50. The minimum atomic E-state index is -0.275. The highest BCUT2D eigenvalue weighted by molar-refractivity contribution is 5.69. The lowest BCUT2D eigenvalue weighted by molar-refractivity contribution is -0.141. The van der Waals surface area contributed by atoms with E-state index in [-0.39, 0.29) is 25.6 Å². The molecule has 1 rings (SSSR count). The summed E-state index contributed by atoms with van der Waals surface area (Å²) in [5.74, 6) is 0.248. The molecule has 0 aliphatic heterocycles. The second kappa shape index (κ2) is 16.9. The predicted octanol–water partition coefficient (Wildman–Crippen LogP) is -0.0103. The minimum absolute atomic E-state index is 0.234. The van der Waals surface area contributed by atoms with Gasteiger partial charge in [-0.2, -0.15) is 0 Å². The maximum Gasteiger partial charge on any atom is 0.306 e. The van der Waals surface area contributed by atoms with Crippen molar-refractivity contribution in [3.05, 3.63) is 23.5 Å². The summed E-state index contributed by atoms with van der Waals surface area (Å²) in [7, 11) is 2.99. The van der Waals surface area contributed by atoms with Crippen molar-refractivity contribution in [1.82, 2.24) is 9.88 Å². The number of carbonyl (C=O) groups is 1. The molecule has 30 heavy (non-hydrogen) atoms. The lowest BCUT2D eigenvalue weighted by Crippen LogP contribution is -2.34. The molecule has 0 aromatic carbocycles. The van der Waals surface area contributed by atoms with Crippen LogP contribution in [0.3, 0.4) is 0 Å². The topological polar surface area (TPSA) is 120 Å². The standard InChI is InChI=1S/C20H34N2O8/c1-26-9-10-29-12-11-28-7-5-22(4-3-20(25)27-2)6-8-30-19-13-17(15-23)21-18(14-19)16-24/h13-14,23-24H,3-12,15-16H2,1-2H3. The normalized spacial score (nSPS) is 11.1. The Bertz CT molecular complexity index is 566. The van der Waals surface area contributed by atoms with E-state index in [1.54, 1.807) is 19.2 Å². The largest absolute Gasteiger partial charge is 0.492 e. The zero-order chi connectivity index (χ0) is 22.0. The Hall–Kier alpha value is -1.82. The number of aliphatic hydroxyl groups excluding tert-OH is 2. The number of carbonyl (C=O) groups excluding carboxylic acids is 1. The average molecular weight is 430 g/mol. The number of pyridine rings is 1. The molecule has 10 heteroatoms. The molecular weight excluding hydrogens is 396 g/mol. The molecule has 0 amide bonds. The molecule has 10 nitrogen and oxygen atoms in total. The fraction of sp³-hybridized carbons (Fsp3) is 0.700. The van der Waals surface area contributed by atoms with E-state index in [0.29, 0.717) is 76.4 Å². The fourth-order valence-corrected chi connectivity index (χ4v) is 2.50. The Morgan fingerprint density at radius 1 is 0.900 bits per heavy atom. The zero-order valence-electron chi connectivity index (χ0n) is 17.9. The number of hydrogen-bond acceptors (Lipinski definition) is 10. The van der Waals surface area contributed by atoms with Gasteiger partial charge in [-0.3, -0.25) is 14.7 Å². The first kappa shape index (κ1) is 26.2. The van der Waals surface area contributed by atoms with Crippen LogP contribution in [0, 0.1) is 0 Å². The van der Waals surface area contributed by atoms with E-state index >= 15 is 0 Å². The Labute approximate surface area is 177 Å². The second-order valence-corrected chi connectivity index (χ2v) is 6.34. The lowest BCUT2D eigenvalue weighted by Gasteiger charge is -2.22. The average Bonchev–Trinajstić information content (AvgIpc) is 2.77. The molecule has 0 fully saturated rings. The number of ether oxygens (including phenoxy) is 5. The SMILES string of the molecule is COCCOCCOCCN(CCOc1cc(CO)nc(CO)c1)CCC(=O)OC. The number of rotatable bonds is 18. The molecule has 0 saturated heterocycles. The molecule has 0 aliphatic carbocycles. The number of methoxy groups -OCH3 is 2. The summed E-state index contributed by atoms with van der Waals surface area (Å²) >= 11 is 0. The van der Waals surface area contributed by atoms with Crippen molar-refractivity contribution in [1.29, 1.82) is 0 Å². The maximum atomic E-state index is 11.5. The van der Waals surface area contributed by atoms with Crippen molar-refractivity contribution < 1.29 is 38.7 Å².